The number of hydrogen-bond acceptors (Lipinski definition) is 1. The molecule has 0 unspecified atom stereocenters. The molecule has 0 aliphatic carbocycles. The van der Waals surface area contributed by atoms with E-state index >= 15 is 0 Å². The van der Waals surface area contributed by atoms with Gasteiger partial charge in [0, 0.05) is 17.6 Å². The number of benzene rings is 2. The van der Waals surface area contributed by atoms with Crippen LogP contribution < -0.4 is 5.32 Å². The Labute approximate surface area is 134 Å². The zero-order chi connectivity index (χ0) is 14.5. The van der Waals surface area contributed by atoms with Crippen molar-refractivity contribution in [3.05, 3.63) is 68.7 Å². The maximum Gasteiger partial charge on any atom is 0.0551 e. The summed E-state index contributed by atoms with van der Waals surface area (Å²) in [4.78, 5) is 0. The Morgan fingerprint density at radius 2 is 1.60 bits per heavy atom. The molecule has 0 bridgehead atoms. The molecule has 1 N–H and O–H groups in total. The van der Waals surface area contributed by atoms with E-state index in [1.54, 1.807) is 0 Å². The van der Waals surface area contributed by atoms with Crippen LogP contribution in [-0.4, -0.2) is 0 Å². The second-order valence-corrected chi connectivity index (χ2v) is 6.51. The summed E-state index contributed by atoms with van der Waals surface area (Å²) in [5, 5.41) is 4.19. The van der Waals surface area contributed by atoms with Gasteiger partial charge in [0.25, 0.3) is 0 Å². The Hall–Kier alpha value is -0.830. The fraction of sp³-hybridized carbons (Fsp3) is 0.294. The Kier molecular flexibility index (Phi) is 5.64. The highest BCUT2D eigenvalue weighted by molar-refractivity contribution is 9.10. The SMILES string of the molecule is CC(C)c1ccc(CNCc2ccc(Br)c(Cl)c2)cc1. The molecule has 0 aliphatic rings. The summed E-state index contributed by atoms with van der Waals surface area (Å²) < 4.78 is 0.937. The van der Waals surface area contributed by atoms with Gasteiger partial charge in [-0.05, 0) is 50.7 Å². The molecule has 106 valence electrons. The van der Waals surface area contributed by atoms with Gasteiger partial charge in [-0.2, -0.15) is 0 Å². The van der Waals surface area contributed by atoms with E-state index in [1.165, 1.54) is 16.7 Å². The molecule has 0 heterocycles. The summed E-state index contributed by atoms with van der Waals surface area (Å²) >= 11 is 9.48. The molecule has 0 aromatic heterocycles. The van der Waals surface area contributed by atoms with Gasteiger partial charge in [0.05, 0.1) is 5.02 Å². The lowest BCUT2D eigenvalue weighted by Crippen LogP contribution is -2.12. The maximum atomic E-state index is 6.08. The van der Waals surface area contributed by atoms with Crippen LogP contribution in [0.4, 0.5) is 0 Å². The smallest absolute Gasteiger partial charge is 0.0551 e. The van der Waals surface area contributed by atoms with Crippen LogP contribution in [0.3, 0.4) is 0 Å². The van der Waals surface area contributed by atoms with Crippen LogP contribution in [0, 0.1) is 0 Å². The molecule has 0 atom stereocenters. The second-order valence-electron chi connectivity index (χ2n) is 5.25. The number of nitrogens with one attached hydrogen (secondary N) is 1. The highest BCUT2D eigenvalue weighted by atomic mass is 79.9. The number of rotatable bonds is 5. The summed E-state index contributed by atoms with van der Waals surface area (Å²) in [6.45, 7) is 6.11. The fourth-order valence-corrected chi connectivity index (χ4v) is 2.47. The van der Waals surface area contributed by atoms with E-state index in [1.807, 2.05) is 12.1 Å². The molecule has 1 nitrogen and oxygen atoms in total. The maximum absolute atomic E-state index is 6.08. The molecular formula is C17H19BrClN. The third-order valence-electron chi connectivity index (χ3n) is 3.29. The molecule has 0 spiro atoms. The predicted octanol–water partition coefficient (Wildman–Crippen LogP) is 5.52. The van der Waals surface area contributed by atoms with Gasteiger partial charge in [0.15, 0.2) is 0 Å². The molecule has 2 aromatic carbocycles. The second kappa shape index (κ2) is 7.26. The first-order valence-corrected chi connectivity index (χ1v) is 7.97. The number of hydrogen-bond donors (Lipinski definition) is 1. The van der Waals surface area contributed by atoms with Crippen LogP contribution in [0.25, 0.3) is 0 Å². The van der Waals surface area contributed by atoms with Crippen molar-refractivity contribution in [3.63, 3.8) is 0 Å². The van der Waals surface area contributed by atoms with E-state index in [-0.39, 0.29) is 0 Å². The van der Waals surface area contributed by atoms with Crippen LogP contribution in [-0.2, 0) is 13.1 Å². The van der Waals surface area contributed by atoms with Gasteiger partial charge >= 0.3 is 0 Å². The fourth-order valence-electron chi connectivity index (χ4n) is 2.02. The standard InChI is InChI=1S/C17H19BrClN/c1-12(2)15-6-3-13(4-7-15)10-20-11-14-5-8-16(18)17(19)9-14/h3-9,12,20H,10-11H2,1-2H3. The molecule has 2 aromatic rings. The normalized spacial score (nSPS) is 11.1. The third kappa shape index (κ3) is 4.34. The van der Waals surface area contributed by atoms with Crippen LogP contribution in [0.1, 0.15) is 36.5 Å². The molecule has 0 aliphatic heterocycles. The molecular weight excluding hydrogens is 334 g/mol. The first kappa shape index (κ1) is 15.6. The zero-order valence-corrected chi connectivity index (χ0v) is 14.1. The largest absolute Gasteiger partial charge is 0.309 e. The lowest BCUT2D eigenvalue weighted by Gasteiger charge is -2.09. The lowest BCUT2D eigenvalue weighted by atomic mass is 10.0. The van der Waals surface area contributed by atoms with Gasteiger partial charge in [-0.25, -0.2) is 0 Å². The van der Waals surface area contributed by atoms with E-state index < -0.39 is 0 Å². The van der Waals surface area contributed by atoms with Gasteiger partial charge in [-0.3, -0.25) is 0 Å². The van der Waals surface area contributed by atoms with Gasteiger partial charge in [0.1, 0.15) is 0 Å². The van der Waals surface area contributed by atoms with Crippen molar-refractivity contribution in [2.75, 3.05) is 0 Å². The summed E-state index contributed by atoms with van der Waals surface area (Å²) in [6, 6.07) is 14.8. The summed E-state index contributed by atoms with van der Waals surface area (Å²) in [5.41, 5.74) is 3.88. The molecule has 20 heavy (non-hydrogen) atoms. The molecule has 0 radical (unpaired) electrons. The Balaban J connectivity index is 1.87. The quantitative estimate of drug-likeness (QED) is 0.747. The number of halogens is 2. The van der Waals surface area contributed by atoms with E-state index in [0.717, 1.165) is 22.6 Å². The van der Waals surface area contributed by atoms with Gasteiger partial charge in [-0.1, -0.05) is 55.8 Å². The minimum absolute atomic E-state index is 0.585. The molecule has 0 amide bonds. The van der Waals surface area contributed by atoms with Crippen molar-refractivity contribution >= 4 is 27.5 Å². The van der Waals surface area contributed by atoms with Crippen LogP contribution in [0.15, 0.2) is 46.9 Å². The van der Waals surface area contributed by atoms with Crippen LogP contribution in [0.2, 0.25) is 5.02 Å². The summed E-state index contributed by atoms with van der Waals surface area (Å²) in [7, 11) is 0. The van der Waals surface area contributed by atoms with Crippen molar-refractivity contribution in [2.24, 2.45) is 0 Å². The molecule has 3 heteroatoms. The van der Waals surface area contributed by atoms with Crippen molar-refractivity contribution in [2.45, 2.75) is 32.9 Å². The average Bonchev–Trinajstić information content (AvgIpc) is 2.43. The van der Waals surface area contributed by atoms with E-state index in [2.05, 4.69) is 65.4 Å². The summed E-state index contributed by atoms with van der Waals surface area (Å²) in [6.07, 6.45) is 0. The topological polar surface area (TPSA) is 12.0 Å². The highest BCUT2D eigenvalue weighted by Gasteiger charge is 2.01. The minimum atomic E-state index is 0.585. The first-order chi connectivity index (χ1) is 9.56. The van der Waals surface area contributed by atoms with Crippen molar-refractivity contribution in [1.29, 1.82) is 0 Å². The first-order valence-electron chi connectivity index (χ1n) is 6.79. The van der Waals surface area contributed by atoms with E-state index in [9.17, 15) is 0 Å². The highest BCUT2D eigenvalue weighted by Crippen LogP contribution is 2.23. The Morgan fingerprint density at radius 1 is 1.00 bits per heavy atom. The van der Waals surface area contributed by atoms with Crippen molar-refractivity contribution in [3.8, 4) is 0 Å². The van der Waals surface area contributed by atoms with Crippen LogP contribution in [0.5, 0.6) is 0 Å². The lowest BCUT2D eigenvalue weighted by molar-refractivity contribution is 0.692. The van der Waals surface area contributed by atoms with Gasteiger partial charge in [-0.15, -0.1) is 0 Å². The average molecular weight is 353 g/mol. The predicted molar refractivity (Wildman–Crippen MR) is 90.2 cm³/mol. The molecule has 0 fully saturated rings. The minimum Gasteiger partial charge on any atom is -0.309 e. The Bertz CT molecular complexity index is 564. The molecule has 0 saturated heterocycles. The van der Waals surface area contributed by atoms with E-state index in [0.29, 0.717) is 5.92 Å². The molecule has 0 saturated carbocycles. The van der Waals surface area contributed by atoms with Crippen molar-refractivity contribution in [1.82, 2.24) is 5.32 Å². The van der Waals surface area contributed by atoms with Crippen LogP contribution >= 0.6 is 27.5 Å². The van der Waals surface area contributed by atoms with Gasteiger partial charge < -0.3 is 5.32 Å². The monoisotopic (exact) mass is 351 g/mol. The van der Waals surface area contributed by atoms with Gasteiger partial charge in [0.2, 0.25) is 0 Å². The zero-order valence-electron chi connectivity index (χ0n) is 11.8. The Morgan fingerprint density at radius 3 is 2.20 bits per heavy atom. The third-order valence-corrected chi connectivity index (χ3v) is 4.52. The summed E-state index contributed by atoms with van der Waals surface area (Å²) in [5.74, 6) is 0.585. The van der Waals surface area contributed by atoms with E-state index in [4.69, 9.17) is 11.6 Å². The van der Waals surface area contributed by atoms with Crippen molar-refractivity contribution < 1.29 is 0 Å². The molecule has 2 rings (SSSR count).